The van der Waals surface area contributed by atoms with E-state index in [4.69, 9.17) is 0 Å². The molecule has 0 spiro atoms. The van der Waals surface area contributed by atoms with E-state index < -0.39 is 40.4 Å². The van der Waals surface area contributed by atoms with Crippen LogP contribution in [0.4, 0.5) is 13.2 Å². The number of carbonyl (C=O) groups is 1. The number of rotatable bonds is 3. The van der Waals surface area contributed by atoms with Crippen LogP contribution in [-0.4, -0.2) is 33.6 Å². The van der Waals surface area contributed by atoms with Crippen molar-refractivity contribution in [2.75, 3.05) is 0 Å². The number of benzene rings is 1. The molecule has 11 heteroatoms. The smallest absolute Gasteiger partial charge is 0.268 e. The van der Waals surface area contributed by atoms with E-state index in [2.05, 4.69) is 10.3 Å². The van der Waals surface area contributed by atoms with E-state index in [1.54, 1.807) is 0 Å². The zero-order valence-corrected chi connectivity index (χ0v) is 13.3. The van der Waals surface area contributed by atoms with Gasteiger partial charge in [0.15, 0.2) is 0 Å². The number of amides is 1. The van der Waals surface area contributed by atoms with Crippen molar-refractivity contribution in [1.29, 1.82) is 0 Å². The molecular formula is C13H11F3N4O3S. The lowest BCUT2D eigenvalue weighted by atomic mass is 10.1. The number of sulfonamides is 1. The molecule has 0 fully saturated rings. The van der Waals surface area contributed by atoms with E-state index in [-0.39, 0.29) is 21.7 Å². The molecule has 128 valence electrons. The molecule has 0 saturated carbocycles. The Bertz CT molecular complexity index is 956. The monoisotopic (exact) mass is 360 g/mol. The molecule has 1 aromatic carbocycles. The highest BCUT2D eigenvalue weighted by Gasteiger charge is 2.43. The van der Waals surface area contributed by atoms with E-state index in [0.717, 1.165) is 16.8 Å². The molecule has 0 bridgehead atoms. The van der Waals surface area contributed by atoms with Crippen LogP contribution < -0.4 is 0 Å². The van der Waals surface area contributed by atoms with Gasteiger partial charge in [0.25, 0.3) is 22.4 Å². The van der Waals surface area contributed by atoms with Gasteiger partial charge in [0.2, 0.25) is 0 Å². The van der Waals surface area contributed by atoms with Crippen molar-refractivity contribution in [2.45, 2.75) is 24.8 Å². The first kappa shape index (κ1) is 16.4. The lowest BCUT2D eigenvalue weighted by molar-refractivity contribution is 0.0859. The number of aromatic nitrogens is 3. The van der Waals surface area contributed by atoms with E-state index in [0.29, 0.717) is 4.31 Å². The van der Waals surface area contributed by atoms with Gasteiger partial charge in [0.1, 0.15) is 22.1 Å². The molecule has 3 rings (SSSR count). The number of carbonyl (C=O) groups excluding carboxylic acids is 1. The number of hydrogen-bond acceptors (Lipinski definition) is 5. The minimum absolute atomic E-state index is 0.0640. The van der Waals surface area contributed by atoms with Gasteiger partial charge in [-0.25, -0.2) is 30.6 Å². The molecule has 24 heavy (non-hydrogen) atoms. The second kappa shape index (κ2) is 5.30. The number of hydrogen-bond donors (Lipinski definition) is 0. The highest BCUT2D eigenvalue weighted by atomic mass is 32.2. The predicted octanol–water partition coefficient (Wildman–Crippen LogP) is 1.54. The summed E-state index contributed by atoms with van der Waals surface area (Å²) in [5.74, 6) is -1.75. The molecule has 0 unspecified atom stereocenters. The highest BCUT2D eigenvalue weighted by Crippen LogP contribution is 2.35. The van der Waals surface area contributed by atoms with Crippen LogP contribution in [0.5, 0.6) is 0 Å². The minimum Gasteiger partial charge on any atom is -0.268 e. The molecule has 0 aliphatic carbocycles. The van der Waals surface area contributed by atoms with Crippen LogP contribution in [0.2, 0.25) is 0 Å². The van der Waals surface area contributed by atoms with Crippen LogP contribution >= 0.6 is 0 Å². The summed E-state index contributed by atoms with van der Waals surface area (Å²) in [6.45, 7) is 0.646. The molecule has 0 saturated heterocycles. The Balaban J connectivity index is 2.09. The second-order valence-electron chi connectivity index (χ2n) is 5.26. The van der Waals surface area contributed by atoms with Gasteiger partial charge in [0, 0.05) is 7.05 Å². The summed E-state index contributed by atoms with van der Waals surface area (Å²) in [5.41, 5.74) is -1.18. The van der Waals surface area contributed by atoms with Gasteiger partial charge >= 0.3 is 0 Å². The van der Waals surface area contributed by atoms with E-state index in [9.17, 15) is 26.4 Å². The Kier molecular flexibility index (Phi) is 3.62. The summed E-state index contributed by atoms with van der Waals surface area (Å²) in [6, 6.07) is 1.80. The zero-order chi connectivity index (χ0) is 17.8. The van der Waals surface area contributed by atoms with Gasteiger partial charge in [-0.15, -0.1) is 5.10 Å². The maximum Gasteiger partial charge on any atom is 0.281 e. The molecule has 0 atom stereocenters. The third-order valence-electron chi connectivity index (χ3n) is 3.69. The first-order chi connectivity index (χ1) is 11.1. The second-order valence-corrected chi connectivity index (χ2v) is 7.06. The van der Waals surface area contributed by atoms with Gasteiger partial charge < -0.3 is 0 Å². The van der Waals surface area contributed by atoms with Crippen molar-refractivity contribution in [2.24, 2.45) is 7.05 Å². The summed E-state index contributed by atoms with van der Waals surface area (Å²) < 4.78 is 65.9. The summed E-state index contributed by atoms with van der Waals surface area (Å²) in [5, 5.41) is 6.93. The summed E-state index contributed by atoms with van der Waals surface area (Å²) in [7, 11) is -3.05. The van der Waals surface area contributed by atoms with Crippen LogP contribution in [-0.2, 0) is 23.6 Å². The standard InChI is InChI=1S/C13H11F3N4O3S/c1-6-3-7(14)4-8-11(6)24(22,23)20(13(8)21)5-9-10(12(15)16)19(2)18-17-9/h3-4,12H,5H2,1-2H3. The number of fused-ring (bicyclic) bond motifs is 1. The summed E-state index contributed by atoms with van der Waals surface area (Å²) in [6.07, 6.45) is -2.94. The van der Waals surface area contributed by atoms with Crippen molar-refractivity contribution in [3.63, 3.8) is 0 Å². The quantitative estimate of drug-likeness (QED) is 0.829. The largest absolute Gasteiger partial charge is 0.281 e. The average molecular weight is 360 g/mol. The number of aryl methyl sites for hydroxylation is 2. The molecule has 1 aliphatic rings. The predicted molar refractivity (Wildman–Crippen MR) is 74.2 cm³/mol. The summed E-state index contributed by atoms with van der Waals surface area (Å²) in [4.78, 5) is 12.0. The molecule has 0 N–H and O–H groups in total. The third kappa shape index (κ3) is 2.27. The Morgan fingerprint density at radius 1 is 1.29 bits per heavy atom. The topological polar surface area (TPSA) is 85.2 Å². The van der Waals surface area contributed by atoms with Crippen LogP contribution in [0, 0.1) is 12.7 Å². The van der Waals surface area contributed by atoms with E-state index in [1.165, 1.54) is 14.0 Å². The third-order valence-corrected chi connectivity index (χ3v) is 5.62. The Labute approximate surface area is 134 Å². The molecule has 2 aromatic rings. The molecule has 0 radical (unpaired) electrons. The van der Waals surface area contributed by atoms with Crippen LogP contribution in [0.3, 0.4) is 0 Å². The molecule has 1 amide bonds. The molecule has 2 heterocycles. The minimum atomic E-state index is -4.28. The Hall–Kier alpha value is -2.43. The van der Waals surface area contributed by atoms with Crippen molar-refractivity contribution in [3.8, 4) is 0 Å². The fraction of sp³-hybridized carbons (Fsp3) is 0.308. The number of alkyl halides is 2. The fourth-order valence-corrected chi connectivity index (χ4v) is 4.38. The molecule has 1 aromatic heterocycles. The first-order valence-electron chi connectivity index (χ1n) is 6.68. The van der Waals surface area contributed by atoms with Crippen LogP contribution in [0.1, 0.15) is 33.7 Å². The van der Waals surface area contributed by atoms with Gasteiger partial charge in [-0.2, -0.15) is 0 Å². The zero-order valence-electron chi connectivity index (χ0n) is 12.5. The maximum absolute atomic E-state index is 13.5. The maximum atomic E-state index is 13.5. The SMILES string of the molecule is Cc1cc(F)cc2c1S(=O)(=O)N(Cc1nnn(C)c1C(F)F)C2=O. The van der Waals surface area contributed by atoms with Crippen molar-refractivity contribution >= 4 is 15.9 Å². The van der Waals surface area contributed by atoms with Crippen LogP contribution in [0.25, 0.3) is 0 Å². The van der Waals surface area contributed by atoms with Gasteiger partial charge in [0.05, 0.1) is 12.1 Å². The van der Waals surface area contributed by atoms with Crippen LogP contribution in [0.15, 0.2) is 17.0 Å². The van der Waals surface area contributed by atoms with Crippen molar-refractivity contribution < 1.29 is 26.4 Å². The van der Waals surface area contributed by atoms with Gasteiger partial charge in [-0.1, -0.05) is 5.21 Å². The average Bonchev–Trinajstić information content (AvgIpc) is 2.90. The Morgan fingerprint density at radius 3 is 2.58 bits per heavy atom. The normalized spacial score (nSPS) is 16.1. The van der Waals surface area contributed by atoms with Crippen molar-refractivity contribution in [3.05, 3.63) is 40.5 Å². The lowest BCUT2D eigenvalue weighted by Crippen LogP contribution is -2.30. The van der Waals surface area contributed by atoms with E-state index in [1.807, 2.05) is 0 Å². The van der Waals surface area contributed by atoms with Crippen molar-refractivity contribution in [1.82, 2.24) is 19.3 Å². The number of nitrogens with zero attached hydrogens (tertiary/aromatic N) is 4. The number of halogens is 3. The Morgan fingerprint density at radius 2 is 1.96 bits per heavy atom. The molecule has 7 nitrogen and oxygen atoms in total. The lowest BCUT2D eigenvalue weighted by Gasteiger charge is -2.14. The first-order valence-corrected chi connectivity index (χ1v) is 8.12. The fourth-order valence-electron chi connectivity index (χ4n) is 2.66. The van der Waals surface area contributed by atoms with E-state index >= 15 is 0 Å². The highest BCUT2D eigenvalue weighted by molar-refractivity contribution is 7.90. The van der Waals surface area contributed by atoms with Gasteiger partial charge in [-0.05, 0) is 24.6 Å². The molecule has 1 aliphatic heterocycles. The van der Waals surface area contributed by atoms with Gasteiger partial charge in [-0.3, -0.25) is 4.79 Å². The molecular weight excluding hydrogens is 349 g/mol. The summed E-state index contributed by atoms with van der Waals surface area (Å²) >= 11 is 0.